The molecule has 0 bridgehead atoms. The predicted molar refractivity (Wildman–Crippen MR) is 83.2 cm³/mol. The van der Waals surface area contributed by atoms with E-state index >= 15 is 0 Å². The minimum Gasteiger partial charge on any atom is -0.494 e. The Balaban J connectivity index is 2.35. The summed E-state index contributed by atoms with van der Waals surface area (Å²) < 4.78 is 11.1. The van der Waals surface area contributed by atoms with Crippen LogP contribution in [0.1, 0.15) is 25.0 Å². The van der Waals surface area contributed by atoms with Gasteiger partial charge >= 0.3 is 0 Å². The van der Waals surface area contributed by atoms with Crippen LogP contribution in [-0.4, -0.2) is 0 Å². The molecule has 0 aliphatic rings. The van der Waals surface area contributed by atoms with Crippen LogP contribution in [0.4, 0.5) is 0 Å². The van der Waals surface area contributed by atoms with Crippen LogP contribution < -0.4 is 0 Å². The van der Waals surface area contributed by atoms with Crippen LogP contribution in [-0.2, 0) is 22.7 Å². The van der Waals surface area contributed by atoms with Gasteiger partial charge in [0.2, 0.25) is 0 Å². The Morgan fingerprint density at radius 3 is 1.55 bits per heavy atom. The van der Waals surface area contributed by atoms with Gasteiger partial charge in [0, 0.05) is 0 Å². The Morgan fingerprint density at radius 2 is 1.20 bits per heavy atom. The van der Waals surface area contributed by atoms with Crippen molar-refractivity contribution >= 4 is 10.8 Å². The molecule has 0 unspecified atom stereocenters. The number of ether oxygens (including phenoxy) is 2. The molecule has 2 nitrogen and oxygen atoms in total. The van der Waals surface area contributed by atoms with Crippen molar-refractivity contribution in [3.8, 4) is 0 Å². The maximum atomic E-state index is 5.53. The number of rotatable bonds is 6. The lowest BCUT2D eigenvalue weighted by Crippen LogP contribution is -1.95. The largest absolute Gasteiger partial charge is 0.494 e. The molecule has 104 valence electrons. The highest BCUT2D eigenvalue weighted by Gasteiger charge is 2.06. The fraction of sp³-hybridized carbons (Fsp3) is 0.222. The molecule has 0 heterocycles. The highest BCUT2D eigenvalue weighted by atomic mass is 16.5. The fourth-order valence-electron chi connectivity index (χ4n) is 2.09. The first-order valence-electron chi connectivity index (χ1n) is 6.64. The normalized spacial score (nSPS) is 10.3. The maximum absolute atomic E-state index is 5.53. The Bertz CT molecular complexity index is 584. The Morgan fingerprint density at radius 1 is 0.800 bits per heavy atom. The molecule has 2 aromatic carbocycles. The lowest BCUT2D eigenvalue weighted by atomic mass is 10.0. The quantitative estimate of drug-likeness (QED) is 0.691. The Hall–Kier alpha value is -2.22. The van der Waals surface area contributed by atoms with Crippen molar-refractivity contribution in [3.05, 3.63) is 72.2 Å². The van der Waals surface area contributed by atoms with Gasteiger partial charge in [0.25, 0.3) is 0 Å². The molecule has 0 spiro atoms. The lowest BCUT2D eigenvalue weighted by Gasteiger charge is -2.12. The van der Waals surface area contributed by atoms with Gasteiger partial charge in [-0.3, -0.25) is 0 Å². The van der Waals surface area contributed by atoms with Gasteiger partial charge in [0.1, 0.15) is 13.2 Å². The van der Waals surface area contributed by atoms with E-state index in [0.29, 0.717) is 13.2 Å². The number of allylic oxidation sites excluding steroid dienone is 2. The van der Waals surface area contributed by atoms with E-state index < -0.39 is 0 Å². The van der Waals surface area contributed by atoms with Gasteiger partial charge in [0.15, 0.2) is 0 Å². The highest BCUT2D eigenvalue weighted by molar-refractivity contribution is 5.88. The summed E-state index contributed by atoms with van der Waals surface area (Å²) in [6, 6.07) is 12.5. The third kappa shape index (κ3) is 3.41. The molecule has 2 aromatic rings. The zero-order valence-electron chi connectivity index (χ0n) is 12.1. The molecule has 0 atom stereocenters. The molecule has 2 rings (SSSR count). The van der Waals surface area contributed by atoms with Crippen molar-refractivity contribution in [2.45, 2.75) is 27.1 Å². The molecular weight excluding hydrogens is 248 g/mol. The van der Waals surface area contributed by atoms with Gasteiger partial charge in [-0.1, -0.05) is 49.6 Å². The molecule has 0 aliphatic heterocycles. The Kier molecular flexibility index (Phi) is 4.46. The first-order chi connectivity index (χ1) is 9.58. The van der Waals surface area contributed by atoms with Crippen LogP contribution >= 0.6 is 0 Å². The van der Waals surface area contributed by atoms with Crippen molar-refractivity contribution < 1.29 is 9.47 Å². The van der Waals surface area contributed by atoms with Crippen LogP contribution in [0.5, 0.6) is 0 Å². The van der Waals surface area contributed by atoms with E-state index in [1.165, 1.54) is 10.8 Å². The fourth-order valence-corrected chi connectivity index (χ4v) is 2.09. The summed E-state index contributed by atoms with van der Waals surface area (Å²) in [5, 5.41) is 2.38. The second-order valence-corrected chi connectivity index (χ2v) is 4.91. The monoisotopic (exact) mass is 268 g/mol. The predicted octanol–water partition coefficient (Wildman–Crippen LogP) is 4.94. The topological polar surface area (TPSA) is 18.5 Å². The third-order valence-electron chi connectivity index (χ3n) is 3.05. The molecule has 0 saturated heterocycles. The van der Waals surface area contributed by atoms with Crippen LogP contribution in [0.25, 0.3) is 10.8 Å². The smallest absolute Gasteiger partial charge is 0.113 e. The van der Waals surface area contributed by atoms with Crippen molar-refractivity contribution in [2.75, 3.05) is 0 Å². The van der Waals surface area contributed by atoms with Crippen LogP contribution in [0, 0.1) is 0 Å². The van der Waals surface area contributed by atoms with Crippen molar-refractivity contribution in [1.29, 1.82) is 0 Å². The Labute approximate surface area is 120 Å². The summed E-state index contributed by atoms with van der Waals surface area (Å²) in [5.74, 6) is 1.45. The summed E-state index contributed by atoms with van der Waals surface area (Å²) in [6.45, 7) is 12.3. The first-order valence-corrected chi connectivity index (χ1v) is 6.64. The standard InChI is InChI=1S/C18H20O2/c1-13(2)19-11-15-7-5-10-18-16(12-20-14(3)4)8-6-9-17(15)18/h5-10H,1,3,11-12H2,2,4H3. The first kappa shape index (κ1) is 14.2. The van der Waals surface area contributed by atoms with Gasteiger partial charge in [-0.25, -0.2) is 0 Å². The minimum absolute atomic E-state index is 0.539. The molecule has 0 N–H and O–H groups in total. The zero-order chi connectivity index (χ0) is 14.5. The average Bonchev–Trinajstić information content (AvgIpc) is 2.42. The summed E-state index contributed by atoms with van der Waals surface area (Å²) >= 11 is 0. The molecule has 20 heavy (non-hydrogen) atoms. The van der Waals surface area contributed by atoms with Gasteiger partial charge in [-0.15, -0.1) is 0 Å². The van der Waals surface area contributed by atoms with E-state index in [-0.39, 0.29) is 0 Å². The van der Waals surface area contributed by atoms with Gasteiger partial charge < -0.3 is 9.47 Å². The van der Waals surface area contributed by atoms with Crippen LogP contribution in [0.2, 0.25) is 0 Å². The van der Waals surface area contributed by atoms with Crippen LogP contribution in [0.3, 0.4) is 0 Å². The molecule has 0 saturated carbocycles. The summed E-state index contributed by atoms with van der Waals surface area (Å²) in [5.41, 5.74) is 2.31. The molecular formula is C18H20O2. The average molecular weight is 268 g/mol. The minimum atomic E-state index is 0.539. The van der Waals surface area contributed by atoms with Crippen molar-refractivity contribution in [3.63, 3.8) is 0 Å². The second kappa shape index (κ2) is 6.29. The molecule has 2 heteroatoms. The third-order valence-corrected chi connectivity index (χ3v) is 3.05. The van der Waals surface area contributed by atoms with E-state index in [9.17, 15) is 0 Å². The number of fused-ring (bicyclic) bond motifs is 1. The van der Waals surface area contributed by atoms with E-state index in [0.717, 1.165) is 22.6 Å². The molecule has 0 aliphatic carbocycles. The lowest BCUT2D eigenvalue weighted by molar-refractivity contribution is 0.202. The second-order valence-electron chi connectivity index (χ2n) is 4.91. The number of hydrogen-bond donors (Lipinski definition) is 0. The zero-order valence-corrected chi connectivity index (χ0v) is 12.1. The van der Waals surface area contributed by atoms with Gasteiger partial charge in [0.05, 0.1) is 11.5 Å². The number of hydrogen-bond acceptors (Lipinski definition) is 2. The SMILES string of the molecule is C=C(C)OCc1cccc2c(COC(=C)C)cccc12. The van der Waals surface area contributed by atoms with Crippen molar-refractivity contribution in [2.24, 2.45) is 0 Å². The van der Waals surface area contributed by atoms with E-state index in [2.05, 4.69) is 37.4 Å². The van der Waals surface area contributed by atoms with Crippen molar-refractivity contribution in [1.82, 2.24) is 0 Å². The number of benzene rings is 2. The van der Waals surface area contributed by atoms with Gasteiger partial charge in [-0.2, -0.15) is 0 Å². The molecule has 0 amide bonds. The molecule has 0 fully saturated rings. The summed E-state index contributed by atoms with van der Waals surface area (Å²) in [7, 11) is 0. The van der Waals surface area contributed by atoms with E-state index in [4.69, 9.17) is 9.47 Å². The summed E-state index contributed by atoms with van der Waals surface area (Å²) in [4.78, 5) is 0. The van der Waals surface area contributed by atoms with E-state index in [1.54, 1.807) is 0 Å². The maximum Gasteiger partial charge on any atom is 0.113 e. The molecule has 0 radical (unpaired) electrons. The molecule has 0 aromatic heterocycles. The highest BCUT2D eigenvalue weighted by Crippen LogP contribution is 2.24. The van der Waals surface area contributed by atoms with E-state index in [1.807, 2.05) is 26.0 Å². The van der Waals surface area contributed by atoms with Crippen LogP contribution in [0.15, 0.2) is 61.1 Å². The van der Waals surface area contributed by atoms with Gasteiger partial charge in [-0.05, 0) is 35.7 Å². The summed E-state index contributed by atoms with van der Waals surface area (Å²) in [6.07, 6.45) is 0.